The van der Waals surface area contributed by atoms with Crippen LogP contribution in [0.2, 0.25) is 0 Å². The van der Waals surface area contributed by atoms with Gasteiger partial charge in [-0.1, -0.05) is 78.4 Å². The lowest BCUT2D eigenvalue weighted by Gasteiger charge is -2.15. The molecule has 5 nitrogen and oxygen atoms in total. The van der Waals surface area contributed by atoms with Crippen LogP contribution < -0.4 is 10.1 Å². The Morgan fingerprint density at radius 2 is 1.40 bits per heavy atom. The Kier molecular flexibility index (Phi) is 7.43. The van der Waals surface area contributed by atoms with E-state index in [1.165, 1.54) is 0 Å². The molecule has 0 spiro atoms. The monoisotopic (exact) mass is 482 g/mol. The van der Waals surface area contributed by atoms with Crippen LogP contribution in [0.25, 0.3) is 6.08 Å². The maximum atomic E-state index is 13.7. The van der Waals surface area contributed by atoms with Gasteiger partial charge in [0, 0.05) is 5.56 Å². The molecule has 35 heavy (non-hydrogen) atoms. The average molecular weight is 483 g/mol. The molecule has 0 heterocycles. The fraction of sp³-hybridized carbons (Fsp3) is 0.0690. The highest BCUT2D eigenvalue weighted by Gasteiger charge is 2.23. The molecular formula is C29H26N2O3S. The molecule has 0 fully saturated rings. The van der Waals surface area contributed by atoms with Gasteiger partial charge in [-0.15, -0.1) is 0 Å². The summed E-state index contributed by atoms with van der Waals surface area (Å²) in [6.07, 6.45) is 1.63. The lowest BCUT2D eigenvalue weighted by molar-refractivity contribution is 0.415. The summed E-state index contributed by atoms with van der Waals surface area (Å²) in [4.78, 5) is 4.96. The third-order valence-electron chi connectivity index (χ3n) is 5.32. The first kappa shape index (κ1) is 24.0. The van der Waals surface area contributed by atoms with Gasteiger partial charge < -0.3 is 10.1 Å². The van der Waals surface area contributed by atoms with Gasteiger partial charge in [0.05, 0.1) is 17.7 Å². The molecule has 0 aliphatic heterocycles. The molecule has 6 heteroatoms. The van der Waals surface area contributed by atoms with Crippen molar-refractivity contribution in [3.05, 3.63) is 131 Å². The number of ether oxygens (including phenoxy) is 1. The highest BCUT2D eigenvalue weighted by molar-refractivity contribution is 7.95. The Hall–Kier alpha value is -4.16. The van der Waals surface area contributed by atoms with Crippen LogP contribution in [0.4, 0.5) is 5.69 Å². The van der Waals surface area contributed by atoms with Crippen molar-refractivity contribution in [1.29, 1.82) is 0 Å². The van der Waals surface area contributed by atoms with E-state index in [1.807, 2.05) is 85.8 Å². The van der Waals surface area contributed by atoms with Crippen LogP contribution in [0.5, 0.6) is 5.75 Å². The predicted molar refractivity (Wildman–Crippen MR) is 142 cm³/mol. The number of aryl methyl sites for hydroxylation is 1. The number of methoxy groups -OCH3 is 1. The molecule has 0 saturated heterocycles. The van der Waals surface area contributed by atoms with Gasteiger partial charge in [-0.05, 0) is 55.0 Å². The van der Waals surface area contributed by atoms with Crippen LogP contribution in [0.15, 0.2) is 124 Å². The smallest absolute Gasteiger partial charge is 0.221 e. The van der Waals surface area contributed by atoms with Crippen molar-refractivity contribution < 1.29 is 13.2 Å². The molecule has 4 aromatic carbocycles. The second-order valence-electron chi connectivity index (χ2n) is 7.89. The third-order valence-corrected chi connectivity index (χ3v) is 7.01. The second-order valence-corrected chi connectivity index (χ2v) is 9.80. The van der Waals surface area contributed by atoms with E-state index in [4.69, 9.17) is 9.73 Å². The Morgan fingerprint density at radius 3 is 2.00 bits per heavy atom. The zero-order chi connectivity index (χ0) is 24.7. The van der Waals surface area contributed by atoms with Gasteiger partial charge in [-0.3, -0.25) is 0 Å². The first-order valence-electron chi connectivity index (χ1n) is 11.1. The summed E-state index contributed by atoms with van der Waals surface area (Å²) < 4.78 is 32.6. The molecule has 0 aliphatic carbocycles. The third kappa shape index (κ3) is 6.05. The summed E-state index contributed by atoms with van der Waals surface area (Å²) in [5.74, 6) is 1.13. The summed E-state index contributed by atoms with van der Waals surface area (Å²) >= 11 is 0. The van der Waals surface area contributed by atoms with Crippen molar-refractivity contribution in [3.8, 4) is 5.75 Å². The van der Waals surface area contributed by atoms with Crippen LogP contribution in [-0.2, 0) is 9.84 Å². The van der Waals surface area contributed by atoms with Gasteiger partial charge in [0.15, 0.2) is 0 Å². The van der Waals surface area contributed by atoms with Crippen LogP contribution in [-0.4, -0.2) is 21.4 Å². The Balaban J connectivity index is 1.84. The van der Waals surface area contributed by atoms with Gasteiger partial charge in [-0.25, -0.2) is 13.4 Å². The normalized spacial score (nSPS) is 12.3. The van der Waals surface area contributed by atoms with Crippen LogP contribution >= 0.6 is 0 Å². The molecule has 0 unspecified atom stereocenters. The molecule has 0 aromatic heterocycles. The molecule has 0 atom stereocenters. The summed E-state index contributed by atoms with van der Waals surface area (Å²) in [5.41, 5.74) is 3.26. The maximum absolute atomic E-state index is 13.7. The second kappa shape index (κ2) is 10.8. The van der Waals surface area contributed by atoms with Gasteiger partial charge in [0.2, 0.25) is 9.84 Å². The zero-order valence-electron chi connectivity index (χ0n) is 19.5. The Labute approximate surface area is 206 Å². The molecule has 4 rings (SSSR count). The molecular weight excluding hydrogens is 456 g/mol. The van der Waals surface area contributed by atoms with Crippen molar-refractivity contribution in [3.63, 3.8) is 0 Å². The van der Waals surface area contributed by atoms with E-state index in [9.17, 15) is 8.42 Å². The van der Waals surface area contributed by atoms with E-state index in [1.54, 1.807) is 43.5 Å². The van der Waals surface area contributed by atoms with Crippen LogP contribution in [0.1, 0.15) is 16.7 Å². The van der Waals surface area contributed by atoms with Gasteiger partial charge in [0.1, 0.15) is 16.6 Å². The first-order chi connectivity index (χ1) is 17.0. The minimum Gasteiger partial charge on any atom is -0.497 e. The Bertz CT molecular complexity index is 1430. The number of hydrogen-bond acceptors (Lipinski definition) is 4. The SMILES string of the molecule is COc1ccc(N=C(N/C(=C\c2ccccc2)S(=O)(=O)c2ccccc2)c2ccc(C)cc2)cc1. The molecule has 0 amide bonds. The minimum absolute atomic E-state index is 0.0303. The number of hydrogen-bond donors (Lipinski definition) is 1. The quantitative estimate of drug-likeness (QED) is 0.254. The van der Waals surface area contributed by atoms with Crippen molar-refractivity contribution >= 4 is 27.4 Å². The topological polar surface area (TPSA) is 67.8 Å². The number of aliphatic imine (C=N–C) groups is 1. The van der Waals surface area contributed by atoms with E-state index in [2.05, 4.69) is 5.32 Å². The highest BCUT2D eigenvalue weighted by atomic mass is 32.2. The van der Waals surface area contributed by atoms with Crippen molar-refractivity contribution in [2.24, 2.45) is 4.99 Å². The van der Waals surface area contributed by atoms with E-state index >= 15 is 0 Å². The number of nitrogens with one attached hydrogen (secondary N) is 1. The lowest BCUT2D eigenvalue weighted by Crippen LogP contribution is -2.28. The van der Waals surface area contributed by atoms with Gasteiger partial charge in [-0.2, -0.15) is 0 Å². The van der Waals surface area contributed by atoms with Crippen LogP contribution in [0.3, 0.4) is 0 Å². The maximum Gasteiger partial charge on any atom is 0.221 e. The number of sulfone groups is 1. The van der Waals surface area contributed by atoms with E-state index < -0.39 is 9.84 Å². The predicted octanol–water partition coefficient (Wildman–Crippen LogP) is 6.14. The fourth-order valence-corrected chi connectivity index (χ4v) is 4.68. The minimum atomic E-state index is -3.86. The molecule has 176 valence electrons. The molecule has 1 N–H and O–H groups in total. The molecule has 4 aromatic rings. The number of nitrogens with zero attached hydrogens (tertiary/aromatic N) is 1. The van der Waals surface area contributed by atoms with Gasteiger partial charge in [0.25, 0.3) is 0 Å². The number of benzene rings is 4. The Morgan fingerprint density at radius 1 is 0.800 bits per heavy atom. The lowest BCUT2D eigenvalue weighted by atomic mass is 10.1. The van der Waals surface area contributed by atoms with Gasteiger partial charge >= 0.3 is 0 Å². The number of rotatable bonds is 7. The largest absolute Gasteiger partial charge is 0.497 e. The number of amidine groups is 1. The molecule has 0 saturated carbocycles. The van der Waals surface area contributed by atoms with E-state index in [0.29, 0.717) is 17.3 Å². The molecule has 0 radical (unpaired) electrons. The standard InChI is InChI=1S/C29H26N2O3S/c1-22-13-15-24(16-14-22)29(30-25-17-19-26(34-2)20-18-25)31-28(21-23-9-5-3-6-10-23)35(32,33)27-11-7-4-8-12-27/h3-21H,1-2H3,(H,30,31)/b28-21+. The van der Waals surface area contributed by atoms with E-state index in [0.717, 1.165) is 16.7 Å². The molecule has 0 aliphatic rings. The van der Waals surface area contributed by atoms with Crippen molar-refractivity contribution in [2.75, 3.05) is 7.11 Å². The highest BCUT2D eigenvalue weighted by Crippen LogP contribution is 2.23. The zero-order valence-corrected chi connectivity index (χ0v) is 20.4. The van der Waals surface area contributed by atoms with Crippen LogP contribution in [0, 0.1) is 6.92 Å². The first-order valence-corrected chi connectivity index (χ1v) is 12.6. The summed E-state index contributed by atoms with van der Waals surface area (Å²) in [6.45, 7) is 2.00. The average Bonchev–Trinajstić information content (AvgIpc) is 2.90. The van der Waals surface area contributed by atoms with E-state index in [-0.39, 0.29) is 9.92 Å². The summed E-state index contributed by atoms with van der Waals surface area (Å²) in [6, 6.07) is 32.7. The summed E-state index contributed by atoms with van der Waals surface area (Å²) in [7, 11) is -2.26. The van der Waals surface area contributed by atoms with Crippen molar-refractivity contribution in [2.45, 2.75) is 11.8 Å². The molecule has 0 bridgehead atoms. The van der Waals surface area contributed by atoms with Crippen molar-refractivity contribution in [1.82, 2.24) is 5.32 Å². The fourth-order valence-electron chi connectivity index (χ4n) is 3.39. The summed E-state index contributed by atoms with van der Waals surface area (Å²) in [5, 5.41) is 3.18.